The van der Waals surface area contributed by atoms with Crippen LogP contribution in [0, 0.1) is 6.92 Å². The summed E-state index contributed by atoms with van der Waals surface area (Å²) in [4.78, 5) is 31.8. The van der Waals surface area contributed by atoms with Gasteiger partial charge in [0.1, 0.15) is 5.65 Å². The summed E-state index contributed by atoms with van der Waals surface area (Å²) in [6, 6.07) is 11.3. The molecule has 1 saturated heterocycles. The highest BCUT2D eigenvalue weighted by Crippen LogP contribution is 2.27. The number of carbonyl (C=O) groups is 1. The van der Waals surface area contributed by atoms with E-state index in [-0.39, 0.29) is 12.2 Å². The number of nitrogens with one attached hydrogen (secondary N) is 2. The fraction of sp³-hybridized carbons (Fsp3) is 0.273. The molecule has 1 aliphatic rings. The Bertz CT molecular complexity index is 1250. The molecule has 0 spiro atoms. The molecule has 1 fully saturated rings. The number of thiophene rings is 1. The molecule has 0 radical (unpaired) electrons. The van der Waals surface area contributed by atoms with Crippen LogP contribution >= 0.6 is 11.3 Å². The third-order valence-electron chi connectivity index (χ3n) is 5.09. The van der Waals surface area contributed by atoms with E-state index in [0.717, 1.165) is 47.0 Å². The summed E-state index contributed by atoms with van der Waals surface area (Å²) in [6.45, 7) is 2.61. The molecule has 1 aliphatic heterocycles. The summed E-state index contributed by atoms with van der Waals surface area (Å²) in [5.41, 5.74) is 5.90. The summed E-state index contributed by atoms with van der Waals surface area (Å²) in [5.74, 6) is 0.127. The van der Waals surface area contributed by atoms with Crippen LogP contribution in [0.25, 0.3) is 17.0 Å². The number of hydrogen-bond donors (Lipinski definition) is 2. The van der Waals surface area contributed by atoms with Crippen LogP contribution in [0.2, 0.25) is 0 Å². The van der Waals surface area contributed by atoms with Crippen LogP contribution in [0.15, 0.2) is 48.8 Å². The van der Waals surface area contributed by atoms with Gasteiger partial charge in [0, 0.05) is 25.4 Å². The summed E-state index contributed by atoms with van der Waals surface area (Å²) in [7, 11) is 0. The van der Waals surface area contributed by atoms with Crippen LogP contribution < -0.4 is 10.8 Å². The van der Waals surface area contributed by atoms with Gasteiger partial charge in [0.25, 0.3) is 5.91 Å². The predicted octanol–water partition coefficient (Wildman–Crippen LogP) is 4.09. The zero-order valence-electron chi connectivity index (χ0n) is 17.4. The second-order valence-electron chi connectivity index (χ2n) is 7.37. The molecule has 5 rings (SSSR count). The molecule has 0 aliphatic carbocycles. The van der Waals surface area contributed by atoms with E-state index in [2.05, 4.69) is 25.7 Å². The van der Waals surface area contributed by atoms with Crippen LogP contribution in [-0.4, -0.2) is 38.2 Å². The van der Waals surface area contributed by atoms with Crippen molar-refractivity contribution in [2.24, 2.45) is 0 Å². The molecule has 1 unspecified atom stereocenters. The molecule has 0 bridgehead atoms. The summed E-state index contributed by atoms with van der Waals surface area (Å²) in [5, 5.41) is 3.92. The average Bonchev–Trinajstić information content (AvgIpc) is 3.42. The van der Waals surface area contributed by atoms with Crippen molar-refractivity contribution in [1.82, 2.24) is 24.8 Å². The molecule has 2 N–H and O–H groups in total. The highest BCUT2D eigenvalue weighted by Gasteiger charge is 2.18. The Morgan fingerprint density at radius 1 is 1.22 bits per heavy atom. The molecule has 164 valence electrons. The topological polar surface area (TPSA) is 103 Å². The first-order valence-electron chi connectivity index (χ1n) is 10.4. The number of fused-ring (bicyclic) bond motifs is 1. The molecule has 0 aromatic carbocycles. The van der Waals surface area contributed by atoms with Crippen molar-refractivity contribution in [3.8, 4) is 11.4 Å². The average molecular weight is 451 g/mol. The van der Waals surface area contributed by atoms with Gasteiger partial charge >= 0.3 is 0 Å². The Balaban J connectivity index is 1.29. The monoisotopic (exact) mass is 450 g/mol. The van der Waals surface area contributed by atoms with Gasteiger partial charge in [0.2, 0.25) is 5.95 Å². The summed E-state index contributed by atoms with van der Waals surface area (Å²) < 4.78 is 7.46. The Morgan fingerprint density at radius 2 is 2.16 bits per heavy atom. The fourth-order valence-electron chi connectivity index (χ4n) is 3.58. The zero-order chi connectivity index (χ0) is 21.9. The normalized spacial score (nSPS) is 16.2. The molecule has 5 heterocycles. The molecule has 10 heteroatoms. The molecule has 1 amide bonds. The minimum Gasteiger partial charge on any atom is -0.350 e. The maximum atomic E-state index is 12.4. The van der Waals surface area contributed by atoms with Crippen molar-refractivity contribution >= 4 is 33.8 Å². The van der Waals surface area contributed by atoms with E-state index in [1.165, 1.54) is 11.3 Å². The SMILES string of the molecule is Cc1nc2ccccn2c1-c1ccnc(Nc2ccc(C(=O)NOC3CCCCO3)s2)n1. The number of nitrogens with zero attached hydrogens (tertiary/aromatic N) is 4. The highest BCUT2D eigenvalue weighted by atomic mass is 32.1. The van der Waals surface area contributed by atoms with Crippen molar-refractivity contribution in [2.75, 3.05) is 11.9 Å². The lowest BCUT2D eigenvalue weighted by Gasteiger charge is -2.21. The lowest BCUT2D eigenvalue weighted by Crippen LogP contribution is -2.32. The quantitative estimate of drug-likeness (QED) is 0.427. The van der Waals surface area contributed by atoms with E-state index in [0.29, 0.717) is 17.4 Å². The van der Waals surface area contributed by atoms with Crippen molar-refractivity contribution in [3.63, 3.8) is 0 Å². The van der Waals surface area contributed by atoms with E-state index in [1.807, 2.05) is 47.9 Å². The minimum absolute atomic E-state index is 0.312. The van der Waals surface area contributed by atoms with Gasteiger partial charge in [0.15, 0.2) is 6.29 Å². The molecule has 4 aromatic heterocycles. The number of ether oxygens (including phenoxy) is 1. The van der Waals surface area contributed by atoms with E-state index >= 15 is 0 Å². The number of imidazole rings is 1. The molecule has 1 atom stereocenters. The van der Waals surface area contributed by atoms with Gasteiger partial charge in [-0.2, -0.15) is 0 Å². The number of hydrogen-bond acceptors (Lipinski definition) is 8. The van der Waals surface area contributed by atoms with Crippen LogP contribution in [0.3, 0.4) is 0 Å². The minimum atomic E-state index is -0.385. The van der Waals surface area contributed by atoms with Gasteiger partial charge in [0.05, 0.1) is 27.0 Å². The lowest BCUT2D eigenvalue weighted by atomic mass is 10.2. The summed E-state index contributed by atoms with van der Waals surface area (Å²) in [6.07, 6.45) is 6.10. The standard InChI is InChI=1S/C22H22N6O3S/c1-14-20(28-12-4-2-6-17(28)24-14)15-10-11-23-22(25-15)26-18-9-8-16(32-18)21(29)27-31-19-7-3-5-13-30-19/h2,4,6,8-12,19H,3,5,7,13H2,1H3,(H,27,29)(H,23,25,26). The van der Waals surface area contributed by atoms with Crippen molar-refractivity contribution < 1.29 is 14.4 Å². The molecule has 32 heavy (non-hydrogen) atoms. The van der Waals surface area contributed by atoms with E-state index < -0.39 is 0 Å². The number of amides is 1. The maximum Gasteiger partial charge on any atom is 0.285 e. The van der Waals surface area contributed by atoms with Crippen LogP contribution in [0.4, 0.5) is 10.9 Å². The van der Waals surface area contributed by atoms with Gasteiger partial charge in [-0.25, -0.2) is 25.3 Å². The third-order valence-corrected chi connectivity index (χ3v) is 6.09. The summed E-state index contributed by atoms with van der Waals surface area (Å²) >= 11 is 1.29. The number of pyridine rings is 1. The Hall–Kier alpha value is -3.34. The molecule has 4 aromatic rings. The number of carbonyl (C=O) groups excluding carboxylic acids is 1. The van der Waals surface area contributed by atoms with Crippen molar-refractivity contribution in [3.05, 3.63) is 59.4 Å². The fourth-order valence-corrected chi connectivity index (χ4v) is 4.37. The van der Waals surface area contributed by atoms with E-state index in [4.69, 9.17) is 9.57 Å². The van der Waals surface area contributed by atoms with Crippen LogP contribution in [0.5, 0.6) is 0 Å². The van der Waals surface area contributed by atoms with Gasteiger partial charge in [-0.05, 0) is 50.1 Å². The number of anilines is 2. The number of rotatable bonds is 6. The third kappa shape index (κ3) is 4.33. The molecule has 0 saturated carbocycles. The maximum absolute atomic E-state index is 12.4. The Kier molecular flexibility index (Phi) is 5.80. The smallest absolute Gasteiger partial charge is 0.285 e. The Morgan fingerprint density at radius 3 is 3.03 bits per heavy atom. The Labute approximate surface area is 188 Å². The second kappa shape index (κ2) is 9.03. The van der Waals surface area contributed by atoms with Crippen LogP contribution in [0.1, 0.15) is 34.6 Å². The number of aromatic nitrogens is 4. The van der Waals surface area contributed by atoms with Crippen molar-refractivity contribution in [1.29, 1.82) is 0 Å². The largest absolute Gasteiger partial charge is 0.350 e. The molecular formula is C22H22N6O3S. The van der Waals surface area contributed by atoms with Gasteiger partial charge in [-0.1, -0.05) is 6.07 Å². The lowest BCUT2D eigenvalue weighted by molar-refractivity contribution is -0.186. The number of aryl methyl sites for hydroxylation is 1. The van der Waals surface area contributed by atoms with E-state index in [1.54, 1.807) is 12.3 Å². The van der Waals surface area contributed by atoms with Gasteiger partial charge in [-0.15, -0.1) is 11.3 Å². The van der Waals surface area contributed by atoms with Gasteiger partial charge in [-0.3, -0.25) is 9.20 Å². The predicted molar refractivity (Wildman–Crippen MR) is 121 cm³/mol. The highest BCUT2D eigenvalue weighted by molar-refractivity contribution is 7.18. The molecule has 9 nitrogen and oxygen atoms in total. The van der Waals surface area contributed by atoms with Crippen LogP contribution in [-0.2, 0) is 9.57 Å². The number of hydroxylamine groups is 1. The second-order valence-corrected chi connectivity index (χ2v) is 8.46. The first-order valence-corrected chi connectivity index (χ1v) is 11.2. The first kappa shape index (κ1) is 20.6. The van der Waals surface area contributed by atoms with Crippen molar-refractivity contribution in [2.45, 2.75) is 32.5 Å². The first-order chi connectivity index (χ1) is 15.7. The van der Waals surface area contributed by atoms with Gasteiger partial charge < -0.3 is 10.1 Å². The van der Waals surface area contributed by atoms with E-state index in [9.17, 15) is 4.79 Å². The zero-order valence-corrected chi connectivity index (χ0v) is 18.3. The molecular weight excluding hydrogens is 428 g/mol.